The van der Waals surface area contributed by atoms with Gasteiger partial charge in [0.25, 0.3) is 0 Å². The molecule has 0 radical (unpaired) electrons. The van der Waals surface area contributed by atoms with Gasteiger partial charge in [-0.2, -0.15) is 0 Å². The Morgan fingerprint density at radius 2 is 1.52 bits per heavy atom. The average molecular weight is 329 g/mol. The van der Waals surface area contributed by atoms with E-state index in [1.54, 1.807) is 6.08 Å². The van der Waals surface area contributed by atoms with Crippen molar-refractivity contribution >= 4 is 11.9 Å². The fraction of sp³-hybridized carbons (Fsp3) is 0.0455. The number of ether oxygens (including phenoxy) is 2. The predicted molar refractivity (Wildman–Crippen MR) is 102 cm³/mol. The first-order valence-electron chi connectivity index (χ1n) is 8.04. The highest BCUT2D eigenvalue weighted by molar-refractivity contribution is 5.82. The first-order chi connectivity index (χ1) is 12.3. The van der Waals surface area contributed by atoms with E-state index in [0.29, 0.717) is 6.61 Å². The van der Waals surface area contributed by atoms with Crippen LogP contribution in [0.2, 0.25) is 0 Å². The molecule has 0 aromatic heterocycles. The molecule has 0 heterocycles. The van der Waals surface area contributed by atoms with Gasteiger partial charge in [-0.3, -0.25) is 4.99 Å². The summed E-state index contributed by atoms with van der Waals surface area (Å²) in [5.41, 5.74) is 1.84. The minimum atomic E-state index is 0.490. The molecule has 0 spiro atoms. The van der Waals surface area contributed by atoms with Gasteiger partial charge in [-0.25, -0.2) is 0 Å². The molecular formula is C22H19NO2. The van der Waals surface area contributed by atoms with E-state index in [2.05, 4.69) is 11.6 Å². The SMILES string of the molecule is C=CCOc1cccc(C=Nc2ccc(Oc3ccccc3)cc2)c1. The molecule has 0 aliphatic heterocycles. The summed E-state index contributed by atoms with van der Waals surface area (Å²) in [6, 6.07) is 25.1. The second-order valence-corrected chi connectivity index (χ2v) is 5.34. The number of para-hydroxylation sites is 1. The van der Waals surface area contributed by atoms with Crippen molar-refractivity contribution in [2.75, 3.05) is 6.61 Å². The van der Waals surface area contributed by atoms with Gasteiger partial charge < -0.3 is 9.47 Å². The summed E-state index contributed by atoms with van der Waals surface area (Å²) in [4.78, 5) is 4.49. The first-order valence-corrected chi connectivity index (χ1v) is 8.04. The summed E-state index contributed by atoms with van der Waals surface area (Å²) < 4.78 is 11.3. The van der Waals surface area contributed by atoms with E-state index >= 15 is 0 Å². The zero-order valence-electron chi connectivity index (χ0n) is 13.8. The Bertz CT molecular complexity index is 839. The number of hydrogen-bond acceptors (Lipinski definition) is 3. The highest BCUT2D eigenvalue weighted by Gasteiger charge is 1.97. The summed E-state index contributed by atoms with van der Waals surface area (Å²) in [7, 11) is 0. The molecule has 0 unspecified atom stereocenters. The van der Waals surface area contributed by atoms with Crippen LogP contribution in [0.4, 0.5) is 5.69 Å². The quantitative estimate of drug-likeness (QED) is 0.405. The van der Waals surface area contributed by atoms with Crippen LogP contribution in [0.25, 0.3) is 0 Å². The average Bonchev–Trinajstić information content (AvgIpc) is 2.67. The molecule has 0 amide bonds. The molecule has 25 heavy (non-hydrogen) atoms. The van der Waals surface area contributed by atoms with E-state index in [9.17, 15) is 0 Å². The lowest BCUT2D eigenvalue weighted by Crippen LogP contribution is -1.93. The molecule has 0 aliphatic carbocycles. The molecule has 3 nitrogen and oxygen atoms in total. The Kier molecular flexibility index (Phi) is 5.62. The number of nitrogens with zero attached hydrogens (tertiary/aromatic N) is 1. The van der Waals surface area contributed by atoms with Crippen LogP contribution in [0.3, 0.4) is 0 Å². The second-order valence-electron chi connectivity index (χ2n) is 5.34. The van der Waals surface area contributed by atoms with Crippen molar-refractivity contribution in [1.82, 2.24) is 0 Å². The van der Waals surface area contributed by atoms with E-state index in [1.807, 2.05) is 85.1 Å². The summed E-state index contributed by atoms with van der Waals surface area (Å²) in [6.45, 7) is 4.14. The molecule has 0 N–H and O–H groups in total. The van der Waals surface area contributed by atoms with E-state index in [4.69, 9.17) is 9.47 Å². The molecule has 124 valence electrons. The number of benzene rings is 3. The van der Waals surface area contributed by atoms with Crippen LogP contribution >= 0.6 is 0 Å². The number of hydrogen-bond donors (Lipinski definition) is 0. The lowest BCUT2D eigenvalue weighted by Gasteiger charge is -2.05. The Hall–Kier alpha value is -3.33. The minimum absolute atomic E-state index is 0.490. The van der Waals surface area contributed by atoms with Crippen LogP contribution in [-0.2, 0) is 0 Å². The molecule has 0 saturated carbocycles. The van der Waals surface area contributed by atoms with E-state index in [1.165, 1.54) is 0 Å². The van der Waals surface area contributed by atoms with Gasteiger partial charge in [0.1, 0.15) is 23.9 Å². The molecule has 3 aromatic rings. The maximum Gasteiger partial charge on any atom is 0.127 e. The smallest absolute Gasteiger partial charge is 0.127 e. The van der Waals surface area contributed by atoms with Crippen molar-refractivity contribution in [3.63, 3.8) is 0 Å². The lowest BCUT2D eigenvalue weighted by atomic mass is 10.2. The largest absolute Gasteiger partial charge is 0.490 e. The van der Waals surface area contributed by atoms with Crippen LogP contribution in [-0.4, -0.2) is 12.8 Å². The minimum Gasteiger partial charge on any atom is -0.490 e. The summed E-state index contributed by atoms with van der Waals surface area (Å²) in [5.74, 6) is 2.40. The third-order valence-corrected chi connectivity index (χ3v) is 3.40. The number of rotatable bonds is 7. The molecule has 0 atom stereocenters. The molecule has 0 saturated heterocycles. The first kappa shape index (κ1) is 16.5. The molecule has 3 aromatic carbocycles. The Morgan fingerprint density at radius 1 is 0.800 bits per heavy atom. The van der Waals surface area contributed by atoms with Gasteiger partial charge >= 0.3 is 0 Å². The predicted octanol–water partition coefficient (Wildman–Crippen LogP) is 5.79. The van der Waals surface area contributed by atoms with Crippen molar-refractivity contribution < 1.29 is 9.47 Å². The van der Waals surface area contributed by atoms with Crippen LogP contribution < -0.4 is 9.47 Å². The van der Waals surface area contributed by atoms with Crippen LogP contribution in [0, 0.1) is 0 Å². The summed E-state index contributed by atoms with van der Waals surface area (Å²) >= 11 is 0. The molecule has 0 aliphatic rings. The van der Waals surface area contributed by atoms with Crippen LogP contribution in [0.5, 0.6) is 17.2 Å². The maximum absolute atomic E-state index is 5.77. The Labute approximate surface area is 147 Å². The van der Waals surface area contributed by atoms with Gasteiger partial charge in [-0.1, -0.05) is 43.0 Å². The van der Waals surface area contributed by atoms with Gasteiger partial charge in [0.05, 0.1) is 5.69 Å². The van der Waals surface area contributed by atoms with Gasteiger partial charge in [0, 0.05) is 6.21 Å². The van der Waals surface area contributed by atoms with E-state index in [-0.39, 0.29) is 0 Å². The highest BCUT2D eigenvalue weighted by atomic mass is 16.5. The maximum atomic E-state index is 5.77. The summed E-state index contributed by atoms with van der Waals surface area (Å²) in [6.07, 6.45) is 3.54. The van der Waals surface area contributed by atoms with Gasteiger partial charge in [-0.15, -0.1) is 0 Å². The zero-order valence-corrected chi connectivity index (χ0v) is 13.8. The topological polar surface area (TPSA) is 30.8 Å². The van der Waals surface area contributed by atoms with Crippen molar-refractivity contribution in [2.24, 2.45) is 4.99 Å². The standard InChI is InChI=1S/C22H19NO2/c1-2-15-24-22-10-6-7-18(16-22)17-23-19-11-13-21(14-12-19)25-20-8-4-3-5-9-20/h2-14,16-17H,1,15H2. The second kappa shape index (κ2) is 8.50. The third-order valence-electron chi connectivity index (χ3n) is 3.40. The molecule has 3 heteroatoms. The van der Waals surface area contributed by atoms with E-state index < -0.39 is 0 Å². The van der Waals surface area contributed by atoms with Gasteiger partial charge in [0.2, 0.25) is 0 Å². The van der Waals surface area contributed by atoms with Crippen molar-refractivity contribution in [3.8, 4) is 17.2 Å². The molecular weight excluding hydrogens is 310 g/mol. The fourth-order valence-electron chi connectivity index (χ4n) is 2.21. The van der Waals surface area contributed by atoms with Gasteiger partial charge in [0.15, 0.2) is 0 Å². The van der Waals surface area contributed by atoms with Crippen molar-refractivity contribution in [3.05, 3.63) is 97.1 Å². The Morgan fingerprint density at radius 3 is 2.28 bits per heavy atom. The normalized spacial score (nSPS) is 10.6. The highest BCUT2D eigenvalue weighted by Crippen LogP contribution is 2.23. The number of aliphatic imine (C=N–C) groups is 1. The van der Waals surface area contributed by atoms with Crippen LogP contribution in [0.1, 0.15) is 5.56 Å². The summed E-state index contributed by atoms with van der Waals surface area (Å²) in [5, 5.41) is 0. The molecule has 3 rings (SSSR count). The molecule has 0 bridgehead atoms. The zero-order chi connectivity index (χ0) is 17.3. The van der Waals surface area contributed by atoms with Crippen LogP contribution in [0.15, 0.2) is 96.5 Å². The van der Waals surface area contributed by atoms with Gasteiger partial charge in [-0.05, 0) is 54.1 Å². The lowest BCUT2D eigenvalue weighted by molar-refractivity contribution is 0.363. The van der Waals surface area contributed by atoms with E-state index in [0.717, 1.165) is 28.5 Å². The van der Waals surface area contributed by atoms with Crippen molar-refractivity contribution in [1.29, 1.82) is 0 Å². The molecule has 0 fully saturated rings. The monoisotopic (exact) mass is 329 g/mol. The fourth-order valence-corrected chi connectivity index (χ4v) is 2.21. The third kappa shape index (κ3) is 5.08. The Balaban J connectivity index is 1.64. The van der Waals surface area contributed by atoms with Crippen molar-refractivity contribution in [2.45, 2.75) is 0 Å².